The molecule has 0 unspecified atom stereocenters. The molecule has 0 amide bonds. The van der Waals surface area contributed by atoms with Gasteiger partial charge in [0.2, 0.25) is 0 Å². The number of rotatable bonds is 5. The Morgan fingerprint density at radius 2 is 1.89 bits per heavy atom. The van der Waals surface area contributed by atoms with Crippen LogP contribution in [0.5, 0.6) is 0 Å². The number of aromatic amines is 1. The molecule has 1 saturated heterocycles. The van der Waals surface area contributed by atoms with E-state index in [1.807, 2.05) is 18.5 Å². The van der Waals surface area contributed by atoms with Crippen LogP contribution in [0.15, 0.2) is 48.8 Å². The number of aromatic nitrogens is 4. The normalized spacial score (nSPS) is 16.1. The lowest BCUT2D eigenvalue weighted by Gasteiger charge is -2.31. The van der Waals surface area contributed by atoms with Crippen molar-refractivity contribution >= 4 is 0 Å². The van der Waals surface area contributed by atoms with Crippen molar-refractivity contribution in [3.05, 3.63) is 66.0 Å². The monoisotopic (exact) mass is 361 g/mol. The highest BCUT2D eigenvalue weighted by Crippen LogP contribution is 2.34. The third kappa shape index (κ3) is 4.08. The summed E-state index contributed by atoms with van der Waals surface area (Å²) < 4.78 is 0. The molecule has 5 heteroatoms. The first-order valence-electron chi connectivity index (χ1n) is 9.83. The Kier molecular flexibility index (Phi) is 5.30. The van der Waals surface area contributed by atoms with Gasteiger partial charge in [-0.05, 0) is 37.6 Å². The van der Waals surface area contributed by atoms with Gasteiger partial charge < -0.3 is 0 Å². The fraction of sp³-hybridized carbons (Fsp3) is 0.409. The Morgan fingerprint density at radius 3 is 2.63 bits per heavy atom. The third-order valence-electron chi connectivity index (χ3n) is 5.38. The summed E-state index contributed by atoms with van der Waals surface area (Å²) in [4.78, 5) is 11.6. The van der Waals surface area contributed by atoms with Crippen molar-refractivity contribution < 1.29 is 0 Å². The molecule has 0 atom stereocenters. The maximum Gasteiger partial charge on any atom is 0.131 e. The molecule has 1 fully saturated rings. The van der Waals surface area contributed by atoms with Crippen LogP contribution in [0.25, 0.3) is 11.1 Å². The molecule has 0 radical (unpaired) electrons. The predicted octanol–water partition coefficient (Wildman–Crippen LogP) is 4.37. The van der Waals surface area contributed by atoms with Crippen molar-refractivity contribution in [1.29, 1.82) is 0 Å². The number of likely N-dealkylation sites (tertiary alicyclic amines) is 1. The first kappa shape index (κ1) is 17.9. The van der Waals surface area contributed by atoms with Gasteiger partial charge >= 0.3 is 0 Å². The molecule has 0 saturated carbocycles. The van der Waals surface area contributed by atoms with E-state index in [9.17, 15) is 0 Å². The van der Waals surface area contributed by atoms with Crippen molar-refractivity contribution in [3.8, 4) is 11.1 Å². The summed E-state index contributed by atoms with van der Waals surface area (Å²) >= 11 is 0. The Bertz CT molecular complexity index is 863. The highest BCUT2D eigenvalue weighted by molar-refractivity contribution is 5.65. The van der Waals surface area contributed by atoms with E-state index in [1.165, 1.54) is 16.8 Å². The van der Waals surface area contributed by atoms with E-state index in [4.69, 9.17) is 4.98 Å². The van der Waals surface area contributed by atoms with Crippen LogP contribution in [0.2, 0.25) is 0 Å². The van der Waals surface area contributed by atoms with Crippen molar-refractivity contribution in [2.75, 3.05) is 13.1 Å². The van der Waals surface area contributed by atoms with Gasteiger partial charge in [0.1, 0.15) is 5.82 Å². The van der Waals surface area contributed by atoms with Crippen LogP contribution in [0.4, 0.5) is 0 Å². The topological polar surface area (TPSA) is 57.7 Å². The number of hydrogen-bond acceptors (Lipinski definition) is 4. The molecule has 2 aromatic heterocycles. The van der Waals surface area contributed by atoms with E-state index in [2.05, 4.69) is 64.3 Å². The number of piperidine rings is 1. The maximum atomic E-state index is 4.72. The van der Waals surface area contributed by atoms with Crippen LogP contribution in [0, 0.1) is 0 Å². The summed E-state index contributed by atoms with van der Waals surface area (Å²) in [6.07, 6.45) is 6.14. The quantitative estimate of drug-likeness (QED) is 0.733. The predicted molar refractivity (Wildman–Crippen MR) is 107 cm³/mol. The molecule has 1 aromatic carbocycles. The van der Waals surface area contributed by atoms with E-state index in [1.54, 1.807) is 0 Å². The van der Waals surface area contributed by atoms with Crippen molar-refractivity contribution in [2.24, 2.45) is 0 Å². The lowest BCUT2D eigenvalue weighted by molar-refractivity contribution is 0.201. The van der Waals surface area contributed by atoms with Crippen molar-refractivity contribution in [1.82, 2.24) is 25.1 Å². The molecule has 3 aromatic rings. The standard InChI is InChI=1S/C22H27N5/c1-16(2)22-23-11-8-19(25-22)15-27-12-9-18(10-13-27)21-20(14-24-26-21)17-6-4-3-5-7-17/h3-8,11,14,16,18H,9-10,12-13,15H2,1-2H3,(H,24,26). The summed E-state index contributed by atoms with van der Waals surface area (Å²) in [6.45, 7) is 7.35. The zero-order chi connectivity index (χ0) is 18.6. The van der Waals surface area contributed by atoms with Crippen LogP contribution in [0.3, 0.4) is 0 Å². The van der Waals surface area contributed by atoms with Gasteiger partial charge in [0.15, 0.2) is 0 Å². The second-order valence-electron chi connectivity index (χ2n) is 7.67. The molecule has 27 heavy (non-hydrogen) atoms. The Hall–Kier alpha value is -2.53. The Labute approximate surface area is 160 Å². The van der Waals surface area contributed by atoms with Crippen molar-refractivity contribution in [2.45, 2.75) is 45.1 Å². The van der Waals surface area contributed by atoms with Gasteiger partial charge in [-0.2, -0.15) is 5.10 Å². The number of benzene rings is 1. The highest BCUT2D eigenvalue weighted by Gasteiger charge is 2.24. The first-order chi connectivity index (χ1) is 13.2. The van der Waals surface area contributed by atoms with Crippen LogP contribution < -0.4 is 0 Å². The summed E-state index contributed by atoms with van der Waals surface area (Å²) in [5.74, 6) is 1.84. The number of nitrogens with one attached hydrogen (secondary N) is 1. The maximum absolute atomic E-state index is 4.72. The molecule has 0 bridgehead atoms. The number of hydrogen-bond donors (Lipinski definition) is 1. The smallest absolute Gasteiger partial charge is 0.131 e. The highest BCUT2D eigenvalue weighted by atomic mass is 15.1. The van der Waals surface area contributed by atoms with E-state index in [-0.39, 0.29) is 0 Å². The molecule has 1 aliphatic heterocycles. The molecule has 3 heterocycles. The minimum atomic E-state index is 0.368. The minimum Gasteiger partial charge on any atom is -0.297 e. The number of nitrogens with zero attached hydrogens (tertiary/aromatic N) is 4. The molecule has 4 rings (SSSR count). The molecular weight excluding hydrogens is 334 g/mol. The van der Waals surface area contributed by atoms with Crippen LogP contribution >= 0.6 is 0 Å². The fourth-order valence-electron chi connectivity index (χ4n) is 3.84. The lowest BCUT2D eigenvalue weighted by atomic mass is 9.89. The lowest BCUT2D eigenvalue weighted by Crippen LogP contribution is -2.33. The zero-order valence-corrected chi connectivity index (χ0v) is 16.1. The summed E-state index contributed by atoms with van der Waals surface area (Å²) in [7, 11) is 0. The molecule has 5 nitrogen and oxygen atoms in total. The second-order valence-corrected chi connectivity index (χ2v) is 7.67. The van der Waals surface area contributed by atoms with Gasteiger partial charge in [-0.15, -0.1) is 0 Å². The van der Waals surface area contributed by atoms with E-state index >= 15 is 0 Å². The average molecular weight is 361 g/mol. The van der Waals surface area contributed by atoms with Gasteiger partial charge in [0.05, 0.1) is 11.9 Å². The van der Waals surface area contributed by atoms with Gasteiger partial charge in [-0.3, -0.25) is 10.00 Å². The van der Waals surface area contributed by atoms with Crippen LogP contribution in [0.1, 0.15) is 55.7 Å². The molecule has 1 N–H and O–H groups in total. The SMILES string of the molecule is CC(C)c1nccc(CN2CCC(c3[nH]ncc3-c3ccccc3)CC2)n1. The van der Waals surface area contributed by atoms with Crippen LogP contribution in [-0.4, -0.2) is 38.2 Å². The molecule has 140 valence electrons. The average Bonchev–Trinajstić information content (AvgIpc) is 3.19. The van der Waals surface area contributed by atoms with Gasteiger partial charge in [0, 0.05) is 35.8 Å². The molecule has 1 aliphatic rings. The second kappa shape index (κ2) is 8.01. The summed E-state index contributed by atoms with van der Waals surface area (Å²) in [5, 5.41) is 7.60. The largest absolute Gasteiger partial charge is 0.297 e. The Morgan fingerprint density at radius 1 is 1.11 bits per heavy atom. The third-order valence-corrected chi connectivity index (χ3v) is 5.38. The van der Waals surface area contributed by atoms with E-state index in [0.29, 0.717) is 11.8 Å². The first-order valence-corrected chi connectivity index (χ1v) is 9.83. The molecule has 0 aliphatic carbocycles. The molecule has 0 spiro atoms. The Balaban J connectivity index is 1.40. The van der Waals surface area contributed by atoms with Gasteiger partial charge in [-0.25, -0.2) is 9.97 Å². The van der Waals surface area contributed by atoms with E-state index in [0.717, 1.165) is 44.0 Å². The zero-order valence-electron chi connectivity index (χ0n) is 16.1. The van der Waals surface area contributed by atoms with Gasteiger partial charge in [-0.1, -0.05) is 44.2 Å². The fourth-order valence-corrected chi connectivity index (χ4v) is 3.84. The summed E-state index contributed by atoms with van der Waals surface area (Å²) in [5.41, 5.74) is 4.89. The minimum absolute atomic E-state index is 0.368. The van der Waals surface area contributed by atoms with Crippen molar-refractivity contribution in [3.63, 3.8) is 0 Å². The van der Waals surface area contributed by atoms with Crippen LogP contribution in [-0.2, 0) is 6.54 Å². The van der Waals surface area contributed by atoms with E-state index < -0.39 is 0 Å². The van der Waals surface area contributed by atoms with Gasteiger partial charge in [0.25, 0.3) is 0 Å². The molecular formula is C22H27N5. The number of H-pyrrole nitrogens is 1. The summed E-state index contributed by atoms with van der Waals surface area (Å²) in [6, 6.07) is 12.6.